The molecule has 1 amide bonds. The summed E-state index contributed by atoms with van der Waals surface area (Å²) in [5, 5.41) is 3.74. The fraction of sp³-hybridized carbons (Fsp3) is 0.360. The fourth-order valence-corrected chi connectivity index (χ4v) is 4.12. The summed E-state index contributed by atoms with van der Waals surface area (Å²) in [6.07, 6.45) is 2.56. The second-order valence-corrected chi connectivity index (χ2v) is 8.43. The lowest BCUT2D eigenvalue weighted by molar-refractivity contribution is 0.0952. The molecule has 1 aromatic heterocycles. The molecule has 2 aromatic carbocycles. The highest BCUT2D eigenvalue weighted by molar-refractivity contribution is 6.06. The largest absolute Gasteiger partial charge is 0.348 e. The number of amides is 1. The van der Waals surface area contributed by atoms with Crippen molar-refractivity contribution in [2.24, 2.45) is 13.0 Å². The summed E-state index contributed by atoms with van der Waals surface area (Å²) in [5.74, 6) is 0.615. The normalized spacial score (nSPS) is 15.4. The maximum Gasteiger partial charge on any atom is 0.252 e. The summed E-state index contributed by atoms with van der Waals surface area (Å²) in [4.78, 5) is 27.5. The van der Waals surface area contributed by atoms with Crippen LogP contribution < -0.4 is 10.9 Å². The van der Waals surface area contributed by atoms with Gasteiger partial charge in [-0.3, -0.25) is 14.5 Å². The number of pyridine rings is 1. The molecule has 4 rings (SSSR count). The summed E-state index contributed by atoms with van der Waals surface area (Å²) in [6, 6.07) is 17.3. The first-order valence-electron chi connectivity index (χ1n) is 10.7. The average molecular weight is 404 g/mol. The second kappa shape index (κ2) is 8.84. The third-order valence-electron chi connectivity index (χ3n) is 6.16. The molecule has 30 heavy (non-hydrogen) atoms. The SMILES string of the molecule is CC1CCN(Cc2ccc(CNC(=O)c3cc(=O)n(C)c4ccccc34)cc2)CC1. The van der Waals surface area contributed by atoms with Crippen molar-refractivity contribution < 1.29 is 4.79 Å². The Labute approximate surface area is 177 Å². The molecule has 0 radical (unpaired) electrons. The average Bonchev–Trinajstić information content (AvgIpc) is 2.77. The topological polar surface area (TPSA) is 54.3 Å². The lowest BCUT2D eigenvalue weighted by Crippen LogP contribution is -2.32. The Morgan fingerprint density at radius 3 is 2.43 bits per heavy atom. The van der Waals surface area contributed by atoms with E-state index in [-0.39, 0.29) is 11.5 Å². The maximum absolute atomic E-state index is 12.8. The van der Waals surface area contributed by atoms with Gasteiger partial charge in [0, 0.05) is 31.6 Å². The fourth-order valence-electron chi connectivity index (χ4n) is 4.12. The molecule has 0 saturated carbocycles. The van der Waals surface area contributed by atoms with Gasteiger partial charge < -0.3 is 9.88 Å². The van der Waals surface area contributed by atoms with Crippen molar-refractivity contribution in [2.45, 2.75) is 32.9 Å². The first-order valence-corrected chi connectivity index (χ1v) is 10.7. The number of fused-ring (bicyclic) bond motifs is 1. The van der Waals surface area contributed by atoms with Crippen LogP contribution in [-0.2, 0) is 20.1 Å². The molecule has 0 bridgehead atoms. The molecule has 5 heteroatoms. The van der Waals surface area contributed by atoms with E-state index in [9.17, 15) is 9.59 Å². The van der Waals surface area contributed by atoms with Gasteiger partial charge >= 0.3 is 0 Å². The number of carbonyl (C=O) groups excluding carboxylic acids is 1. The summed E-state index contributed by atoms with van der Waals surface area (Å²) in [5.41, 5.74) is 3.34. The Balaban J connectivity index is 1.40. The Bertz CT molecular complexity index is 1090. The standard InChI is InChI=1S/C25H29N3O2/c1-18-11-13-28(14-12-18)17-20-9-7-19(8-10-20)16-26-25(30)22-15-24(29)27(2)23-6-4-3-5-21(22)23/h3-10,15,18H,11-14,16-17H2,1-2H3,(H,26,30). The third kappa shape index (κ3) is 4.46. The number of likely N-dealkylation sites (tertiary alicyclic amines) is 1. The van der Waals surface area contributed by atoms with Gasteiger partial charge in [0.2, 0.25) is 0 Å². The van der Waals surface area contributed by atoms with E-state index in [2.05, 4.69) is 41.4 Å². The van der Waals surface area contributed by atoms with E-state index in [1.807, 2.05) is 24.3 Å². The van der Waals surface area contributed by atoms with Crippen LogP contribution in [0.3, 0.4) is 0 Å². The van der Waals surface area contributed by atoms with E-state index in [1.165, 1.54) is 37.6 Å². The van der Waals surface area contributed by atoms with Gasteiger partial charge in [-0.05, 0) is 49.0 Å². The molecule has 5 nitrogen and oxygen atoms in total. The predicted molar refractivity (Wildman–Crippen MR) is 120 cm³/mol. The maximum atomic E-state index is 12.8. The highest BCUT2D eigenvalue weighted by Gasteiger charge is 2.16. The summed E-state index contributed by atoms with van der Waals surface area (Å²) < 4.78 is 1.56. The van der Waals surface area contributed by atoms with Gasteiger partial charge in [-0.25, -0.2) is 0 Å². The van der Waals surface area contributed by atoms with Crippen LogP contribution in [-0.4, -0.2) is 28.5 Å². The molecule has 0 spiro atoms. The Morgan fingerprint density at radius 1 is 1.03 bits per heavy atom. The highest BCUT2D eigenvalue weighted by Crippen LogP contribution is 2.19. The van der Waals surface area contributed by atoms with Crippen molar-refractivity contribution in [1.29, 1.82) is 0 Å². The number of aromatic nitrogens is 1. The van der Waals surface area contributed by atoms with Crippen molar-refractivity contribution in [2.75, 3.05) is 13.1 Å². The van der Waals surface area contributed by atoms with E-state index >= 15 is 0 Å². The Kier molecular flexibility index (Phi) is 6.00. The number of para-hydroxylation sites is 1. The minimum atomic E-state index is -0.226. The molecule has 0 atom stereocenters. The van der Waals surface area contributed by atoms with Crippen LogP contribution in [0.15, 0.2) is 59.4 Å². The van der Waals surface area contributed by atoms with Crippen LogP contribution in [0.1, 0.15) is 41.3 Å². The van der Waals surface area contributed by atoms with Gasteiger partial charge in [0.15, 0.2) is 0 Å². The number of piperidine rings is 1. The van der Waals surface area contributed by atoms with E-state index in [0.717, 1.165) is 28.9 Å². The van der Waals surface area contributed by atoms with Crippen molar-refractivity contribution >= 4 is 16.8 Å². The number of carbonyl (C=O) groups is 1. The van der Waals surface area contributed by atoms with Gasteiger partial charge in [-0.2, -0.15) is 0 Å². The Morgan fingerprint density at radius 2 is 1.70 bits per heavy atom. The van der Waals surface area contributed by atoms with Crippen LogP contribution >= 0.6 is 0 Å². The van der Waals surface area contributed by atoms with Gasteiger partial charge in [0.25, 0.3) is 11.5 Å². The van der Waals surface area contributed by atoms with Crippen LogP contribution in [0, 0.1) is 5.92 Å². The van der Waals surface area contributed by atoms with E-state index in [0.29, 0.717) is 12.1 Å². The molecule has 1 aliphatic heterocycles. The van der Waals surface area contributed by atoms with Gasteiger partial charge in [-0.1, -0.05) is 49.4 Å². The Hall–Kier alpha value is -2.92. The lowest BCUT2D eigenvalue weighted by Gasteiger charge is -2.30. The van der Waals surface area contributed by atoms with E-state index in [1.54, 1.807) is 11.6 Å². The summed E-state index contributed by atoms with van der Waals surface area (Å²) >= 11 is 0. The molecule has 1 fully saturated rings. The molecular weight excluding hydrogens is 374 g/mol. The number of nitrogens with one attached hydrogen (secondary N) is 1. The molecule has 1 aliphatic rings. The van der Waals surface area contributed by atoms with Crippen molar-refractivity contribution in [3.05, 3.63) is 81.6 Å². The zero-order chi connectivity index (χ0) is 21.1. The monoisotopic (exact) mass is 403 g/mol. The van der Waals surface area contributed by atoms with E-state index in [4.69, 9.17) is 0 Å². The molecule has 1 saturated heterocycles. The van der Waals surface area contributed by atoms with Gasteiger partial charge in [0.05, 0.1) is 11.1 Å². The number of aryl methyl sites for hydroxylation is 1. The van der Waals surface area contributed by atoms with Crippen LogP contribution in [0.25, 0.3) is 10.9 Å². The molecule has 2 heterocycles. The lowest BCUT2D eigenvalue weighted by atomic mass is 9.99. The molecule has 0 aliphatic carbocycles. The third-order valence-corrected chi connectivity index (χ3v) is 6.16. The van der Waals surface area contributed by atoms with Crippen LogP contribution in [0.2, 0.25) is 0 Å². The number of benzene rings is 2. The first-order chi connectivity index (χ1) is 14.5. The summed E-state index contributed by atoms with van der Waals surface area (Å²) in [7, 11) is 1.72. The zero-order valence-corrected chi connectivity index (χ0v) is 17.7. The number of rotatable bonds is 5. The van der Waals surface area contributed by atoms with Gasteiger partial charge in [0.1, 0.15) is 0 Å². The quantitative estimate of drug-likeness (QED) is 0.707. The van der Waals surface area contributed by atoms with E-state index < -0.39 is 0 Å². The second-order valence-electron chi connectivity index (χ2n) is 8.43. The molecule has 0 unspecified atom stereocenters. The smallest absolute Gasteiger partial charge is 0.252 e. The van der Waals surface area contributed by atoms with Crippen LogP contribution in [0.4, 0.5) is 0 Å². The minimum absolute atomic E-state index is 0.185. The summed E-state index contributed by atoms with van der Waals surface area (Å²) in [6.45, 7) is 6.09. The van der Waals surface area contributed by atoms with Crippen molar-refractivity contribution in [3.8, 4) is 0 Å². The van der Waals surface area contributed by atoms with Crippen molar-refractivity contribution in [3.63, 3.8) is 0 Å². The highest BCUT2D eigenvalue weighted by atomic mass is 16.2. The predicted octanol–water partition coefficient (Wildman–Crippen LogP) is 3.70. The number of hydrogen-bond donors (Lipinski definition) is 1. The number of hydrogen-bond acceptors (Lipinski definition) is 3. The van der Waals surface area contributed by atoms with Crippen molar-refractivity contribution in [1.82, 2.24) is 14.8 Å². The van der Waals surface area contributed by atoms with Crippen LogP contribution in [0.5, 0.6) is 0 Å². The molecule has 3 aromatic rings. The molecular formula is C25H29N3O2. The number of nitrogens with zero attached hydrogens (tertiary/aromatic N) is 2. The first kappa shape index (κ1) is 20.4. The molecule has 156 valence electrons. The minimum Gasteiger partial charge on any atom is -0.348 e. The zero-order valence-electron chi connectivity index (χ0n) is 17.7. The van der Waals surface area contributed by atoms with Gasteiger partial charge in [-0.15, -0.1) is 0 Å². The molecule has 1 N–H and O–H groups in total.